The van der Waals surface area contributed by atoms with Gasteiger partial charge in [-0.3, -0.25) is 4.79 Å². The van der Waals surface area contributed by atoms with E-state index in [1.54, 1.807) is 0 Å². The highest BCUT2D eigenvalue weighted by atomic mass is 16.6. The molecule has 4 saturated carbocycles. The number of ether oxygens (including phenoxy) is 1. The van der Waals surface area contributed by atoms with Gasteiger partial charge in [0.05, 0.1) is 18.1 Å². The third-order valence-corrected chi connectivity index (χ3v) is 12.7. The van der Waals surface area contributed by atoms with E-state index in [0.29, 0.717) is 29.6 Å². The monoisotopic (exact) mass is 474 g/mol. The van der Waals surface area contributed by atoms with Gasteiger partial charge < -0.3 is 14.9 Å². The summed E-state index contributed by atoms with van der Waals surface area (Å²) in [7, 11) is 0. The molecular weight excluding hydrogens is 424 g/mol. The quantitative estimate of drug-likeness (QED) is 0.494. The molecule has 0 bridgehead atoms. The molecule has 0 amide bonds. The maximum Gasteiger partial charge on any atom is 0.309 e. The fraction of sp³-hybridized carbons (Fsp3) is 0.967. The first-order chi connectivity index (χ1) is 15.8. The Morgan fingerprint density at radius 2 is 1.50 bits per heavy atom. The minimum Gasteiger partial charge on any atom is -0.462 e. The molecule has 11 atom stereocenters. The zero-order chi connectivity index (χ0) is 24.8. The van der Waals surface area contributed by atoms with Gasteiger partial charge in [-0.05, 0) is 104 Å². The fourth-order valence-corrected chi connectivity index (χ4v) is 11.0. The Balaban J connectivity index is 1.44. The van der Waals surface area contributed by atoms with Gasteiger partial charge in [-0.25, -0.2) is 0 Å². The number of aliphatic hydroxyl groups is 2. The van der Waals surface area contributed by atoms with Crippen molar-refractivity contribution in [2.45, 2.75) is 125 Å². The number of aliphatic hydroxyl groups excluding tert-OH is 2. The summed E-state index contributed by atoms with van der Waals surface area (Å²) in [5.74, 6) is 2.27. The van der Waals surface area contributed by atoms with Crippen LogP contribution in [0, 0.1) is 57.2 Å². The molecule has 1 saturated heterocycles. The highest BCUT2D eigenvalue weighted by Crippen LogP contribution is 2.74. The van der Waals surface area contributed by atoms with E-state index in [0.717, 1.165) is 57.8 Å². The van der Waals surface area contributed by atoms with Crippen LogP contribution in [0.1, 0.15) is 106 Å². The van der Waals surface area contributed by atoms with Gasteiger partial charge in [0.25, 0.3) is 0 Å². The Morgan fingerprint density at radius 1 is 0.853 bits per heavy atom. The van der Waals surface area contributed by atoms with Crippen LogP contribution in [0.3, 0.4) is 0 Å². The van der Waals surface area contributed by atoms with Crippen molar-refractivity contribution in [1.82, 2.24) is 0 Å². The van der Waals surface area contributed by atoms with Crippen molar-refractivity contribution in [1.29, 1.82) is 0 Å². The smallest absolute Gasteiger partial charge is 0.309 e. The molecule has 1 heterocycles. The van der Waals surface area contributed by atoms with E-state index in [2.05, 4.69) is 48.5 Å². The van der Waals surface area contributed by atoms with Gasteiger partial charge in [0.15, 0.2) is 0 Å². The number of hydrogen-bond donors (Lipinski definition) is 2. The molecule has 11 unspecified atom stereocenters. The Morgan fingerprint density at radius 3 is 2.18 bits per heavy atom. The topological polar surface area (TPSA) is 66.8 Å². The van der Waals surface area contributed by atoms with Gasteiger partial charge in [-0.2, -0.15) is 0 Å². The van der Waals surface area contributed by atoms with Crippen molar-refractivity contribution in [3.8, 4) is 0 Å². The van der Waals surface area contributed by atoms with E-state index in [1.807, 2.05) is 0 Å². The molecule has 1 aliphatic heterocycles. The Kier molecular flexibility index (Phi) is 5.85. The average molecular weight is 475 g/mol. The van der Waals surface area contributed by atoms with E-state index in [1.165, 1.54) is 0 Å². The normalized spacial score (nSPS) is 54.4. The second-order valence-electron chi connectivity index (χ2n) is 14.9. The highest BCUT2D eigenvalue weighted by Gasteiger charge is 2.70. The number of fused-ring (bicyclic) bond motifs is 5. The molecule has 0 aromatic heterocycles. The molecule has 2 N–H and O–H groups in total. The third kappa shape index (κ3) is 3.25. The van der Waals surface area contributed by atoms with E-state index >= 15 is 0 Å². The van der Waals surface area contributed by atoms with Crippen molar-refractivity contribution < 1.29 is 19.7 Å². The number of esters is 1. The molecule has 0 aromatic carbocycles. The SMILES string of the molecule is CC(C)CC1CC(C2CCC3C2(C)CCC2C4(C)CCC(O)C(C)(C)C4CC(O)C32C)C(=O)O1. The lowest BCUT2D eigenvalue weighted by Crippen LogP contribution is -2.67. The van der Waals surface area contributed by atoms with Gasteiger partial charge >= 0.3 is 5.97 Å². The van der Waals surface area contributed by atoms with E-state index in [9.17, 15) is 15.0 Å². The van der Waals surface area contributed by atoms with Crippen LogP contribution >= 0.6 is 0 Å². The largest absolute Gasteiger partial charge is 0.462 e. The summed E-state index contributed by atoms with van der Waals surface area (Å²) in [5, 5.41) is 22.7. The van der Waals surface area contributed by atoms with Gasteiger partial charge in [-0.15, -0.1) is 0 Å². The van der Waals surface area contributed by atoms with Gasteiger partial charge in [0, 0.05) is 5.41 Å². The second-order valence-corrected chi connectivity index (χ2v) is 14.9. The Bertz CT molecular complexity index is 821. The fourth-order valence-electron chi connectivity index (χ4n) is 11.0. The van der Waals surface area contributed by atoms with Crippen molar-refractivity contribution in [2.75, 3.05) is 0 Å². The van der Waals surface area contributed by atoms with E-state index in [4.69, 9.17) is 4.74 Å². The van der Waals surface area contributed by atoms with E-state index < -0.39 is 0 Å². The number of cyclic esters (lactones) is 1. The van der Waals surface area contributed by atoms with Crippen LogP contribution in [0.5, 0.6) is 0 Å². The van der Waals surface area contributed by atoms with Crippen LogP contribution in [0.25, 0.3) is 0 Å². The maximum atomic E-state index is 13.0. The third-order valence-electron chi connectivity index (χ3n) is 12.7. The number of rotatable bonds is 3. The first kappa shape index (κ1) is 25.1. The van der Waals surface area contributed by atoms with Crippen molar-refractivity contribution in [3.05, 3.63) is 0 Å². The van der Waals surface area contributed by atoms with Gasteiger partial charge in [0.2, 0.25) is 0 Å². The minimum atomic E-state index is -0.340. The van der Waals surface area contributed by atoms with Crippen molar-refractivity contribution in [2.24, 2.45) is 57.2 Å². The molecule has 194 valence electrons. The number of carbonyl (C=O) groups excluding carboxylic acids is 1. The van der Waals surface area contributed by atoms with Crippen molar-refractivity contribution in [3.63, 3.8) is 0 Å². The van der Waals surface area contributed by atoms with Crippen molar-refractivity contribution >= 4 is 5.97 Å². The van der Waals surface area contributed by atoms with Crippen LogP contribution < -0.4 is 0 Å². The predicted molar refractivity (Wildman–Crippen MR) is 134 cm³/mol. The van der Waals surface area contributed by atoms with Crippen LogP contribution in [0.15, 0.2) is 0 Å². The minimum absolute atomic E-state index is 0.0340. The molecule has 0 spiro atoms. The lowest BCUT2D eigenvalue weighted by molar-refractivity contribution is -0.250. The van der Waals surface area contributed by atoms with Crippen LogP contribution in [0.4, 0.5) is 0 Å². The molecule has 0 aromatic rings. The maximum absolute atomic E-state index is 13.0. The lowest BCUT2D eigenvalue weighted by atomic mass is 9.36. The van der Waals surface area contributed by atoms with Crippen LogP contribution in [-0.2, 0) is 9.53 Å². The summed E-state index contributed by atoms with van der Waals surface area (Å²) >= 11 is 0. The Labute approximate surface area is 207 Å². The zero-order valence-electron chi connectivity index (χ0n) is 22.8. The highest BCUT2D eigenvalue weighted by molar-refractivity contribution is 5.75. The number of hydrogen-bond acceptors (Lipinski definition) is 4. The second kappa shape index (κ2) is 7.94. The molecule has 4 heteroatoms. The first-order valence-electron chi connectivity index (χ1n) is 14.3. The average Bonchev–Trinajstić information content (AvgIpc) is 3.26. The first-order valence-corrected chi connectivity index (χ1v) is 14.3. The lowest BCUT2D eigenvalue weighted by Gasteiger charge is -2.69. The summed E-state index contributed by atoms with van der Waals surface area (Å²) in [6.07, 6.45) is 8.56. The Hall–Kier alpha value is -0.610. The number of carbonyl (C=O) groups is 1. The summed E-state index contributed by atoms with van der Waals surface area (Å²) in [6, 6.07) is 0. The van der Waals surface area contributed by atoms with Crippen LogP contribution in [-0.4, -0.2) is 34.5 Å². The molecule has 4 aliphatic carbocycles. The predicted octanol–water partition coefficient (Wildman–Crippen LogP) is 5.98. The summed E-state index contributed by atoms with van der Waals surface area (Å²) < 4.78 is 5.88. The summed E-state index contributed by atoms with van der Waals surface area (Å²) in [4.78, 5) is 13.0. The molecule has 5 aliphatic rings. The summed E-state index contributed by atoms with van der Waals surface area (Å²) in [5.41, 5.74) is -0.0289. The molecule has 0 radical (unpaired) electrons. The van der Waals surface area contributed by atoms with E-state index in [-0.39, 0.29) is 51.9 Å². The molecular formula is C30H50O4. The standard InChI is InChI=1S/C30H50O4/c1-17(2)14-18-15-19(26(33)34-18)20-8-9-21-28(20,5)12-10-22-29(6)13-11-24(31)27(3,4)23(29)16-25(32)30(21,22)7/h17-25,31-32H,8-16H2,1-7H3. The molecule has 34 heavy (non-hydrogen) atoms. The van der Waals surface area contributed by atoms with Gasteiger partial charge in [0.1, 0.15) is 6.10 Å². The molecule has 4 nitrogen and oxygen atoms in total. The van der Waals surface area contributed by atoms with Crippen LogP contribution in [0.2, 0.25) is 0 Å². The molecule has 5 fully saturated rings. The zero-order valence-corrected chi connectivity index (χ0v) is 22.8. The summed E-state index contributed by atoms with van der Waals surface area (Å²) in [6.45, 7) is 16.2. The van der Waals surface area contributed by atoms with Gasteiger partial charge in [-0.1, -0.05) is 48.5 Å². The molecule has 5 rings (SSSR count).